The lowest BCUT2D eigenvalue weighted by atomic mass is 10.0. The second kappa shape index (κ2) is 6.60. The molecule has 0 bridgehead atoms. The largest absolute Gasteiger partial charge is 0.495 e. The van der Waals surface area contributed by atoms with Gasteiger partial charge in [-0.3, -0.25) is 15.4 Å². The van der Waals surface area contributed by atoms with Gasteiger partial charge in [0.15, 0.2) is 0 Å². The lowest BCUT2D eigenvalue weighted by molar-refractivity contribution is 0.0689. The van der Waals surface area contributed by atoms with Crippen LogP contribution in [0.25, 0.3) is 11.3 Å². The predicted octanol–water partition coefficient (Wildman–Crippen LogP) is 1.88. The third-order valence-electron chi connectivity index (χ3n) is 4.53. The summed E-state index contributed by atoms with van der Waals surface area (Å²) < 4.78 is 12.6. The average Bonchev–Trinajstić information content (AvgIpc) is 3.21. The molecule has 4 rings (SSSR count). The van der Waals surface area contributed by atoms with E-state index in [1.165, 1.54) is 0 Å². The standard InChI is InChI=1S/C17H21N5O2/c1-23-14-6-13(9-18-10-14)15-11-20-17-7-16(21-22(15)17)19-8-12-2-4-24-5-3-12/h6,9-12H,2-5,7-8H2,1H3,(H,19,21). The third kappa shape index (κ3) is 2.99. The normalized spacial score (nSPS) is 19.3. The van der Waals surface area contributed by atoms with Crippen LogP contribution in [0.1, 0.15) is 18.7 Å². The van der Waals surface area contributed by atoms with Gasteiger partial charge in [0.2, 0.25) is 0 Å². The molecule has 7 heteroatoms. The van der Waals surface area contributed by atoms with Crippen molar-refractivity contribution in [3.63, 3.8) is 0 Å². The van der Waals surface area contributed by atoms with Crippen molar-refractivity contribution in [3.05, 3.63) is 30.5 Å². The minimum absolute atomic E-state index is 0.628. The highest BCUT2D eigenvalue weighted by Crippen LogP contribution is 2.25. The van der Waals surface area contributed by atoms with E-state index < -0.39 is 0 Å². The lowest BCUT2D eigenvalue weighted by Crippen LogP contribution is -2.21. The van der Waals surface area contributed by atoms with Gasteiger partial charge in [-0.05, 0) is 24.8 Å². The van der Waals surface area contributed by atoms with E-state index in [9.17, 15) is 0 Å². The summed E-state index contributed by atoms with van der Waals surface area (Å²) in [5.74, 6) is 3.30. The number of pyridine rings is 1. The van der Waals surface area contributed by atoms with E-state index in [1.807, 2.05) is 23.1 Å². The second-order valence-electron chi connectivity index (χ2n) is 6.14. The molecule has 1 N–H and O–H groups in total. The van der Waals surface area contributed by atoms with Gasteiger partial charge >= 0.3 is 0 Å². The Bertz CT molecular complexity index is 749. The van der Waals surface area contributed by atoms with E-state index in [1.54, 1.807) is 13.3 Å². The Hall–Kier alpha value is -2.41. The number of hydrogen-bond acceptors (Lipinski definition) is 5. The molecule has 0 amide bonds. The highest BCUT2D eigenvalue weighted by atomic mass is 16.5. The molecule has 7 nitrogen and oxygen atoms in total. The second-order valence-corrected chi connectivity index (χ2v) is 6.14. The molecule has 4 heterocycles. The van der Waals surface area contributed by atoms with Crippen molar-refractivity contribution in [1.82, 2.24) is 14.6 Å². The molecular weight excluding hydrogens is 306 g/mol. The first-order chi connectivity index (χ1) is 11.8. The zero-order valence-electron chi connectivity index (χ0n) is 13.7. The van der Waals surface area contributed by atoms with Crippen LogP contribution in [0.3, 0.4) is 0 Å². The SMILES string of the molecule is COc1cncc(-c2cnc3n2NC(=NCC2CCOCC2)C3)c1. The summed E-state index contributed by atoms with van der Waals surface area (Å²) in [5, 5.41) is 0. The van der Waals surface area contributed by atoms with Crippen molar-refractivity contribution < 1.29 is 9.47 Å². The van der Waals surface area contributed by atoms with Crippen LogP contribution in [0.4, 0.5) is 0 Å². The molecule has 2 aliphatic rings. The number of nitrogens with one attached hydrogen (secondary N) is 1. The van der Waals surface area contributed by atoms with Gasteiger partial charge in [0.1, 0.15) is 17.4 Å². The molecule has 0 saturated carbocycles. The molecule has 0 aromatic carbocycles. The van der Waals surface area contributed by atoms with Crippen LogP contribution in [0.5, 0.6) is 5.75 Å². The Labute approximate surface area is 140 Å². The van der Waals surface area contributed by atoms with Gasteiger partial charge in [0.05, 0.1) is 31.6 Å². The summed E-state index contributed by atoms with van der Waals surface area (Å²) in [6.07, 6.45) is 8.30. The first kappa shape index (κ1) is 15.1. The molecule has 2 aromatic rings. The monoisotopic (exact) mass is 327 g/mol. The van der Waals surface area contributed by atoms with E-state index in [4.69, 9.17) is 14.5 Å². The number of ether oxygens (including phenoxy) is 2. The Morgan fingerprint density at radius 2 is 2.21 bits per heavy atom. The number of aliphatic imine (C=N–C) groups is 1. The number of hydrogen-bond donors (Lipinski definition) is 1. The lowest BCUT2D eigenvalue weighted by Gasteiger charge is -2.20. The van der Waals surface area contributed by atoms with Crippen molar-refractivity contribution in [1.29, 1.82) is 0 Å². The first-order valence-electron chi connectivity index (χ1n) is 8.27. The summed E-state index contributed by atoms with van der Waals surface area (Å²) >= 11 is 0. The van der Waals surface area contributed by atoms with Crippen LogP contribution in [-0.2, 0) is 11.2 Å². The summed E-state index contributed by atoms with van der Waals surface area (Å²) in [6, 6.07) is 1.95. The number of methoxy groups -OCH3 is 1. The first-order valence-corrected chi connectivity index (χ1v) is 8.27. The van der Waals surface area contributed by atoms with Gasteiger partial charge in [-0.15, -0.1) is 0 Å². The van der Waals surface area contributed by atoms with Gasteiger partial charge in [-0.1, -0.05) is 0 Å². The van der Waals surface area contributed by atoms with Crippen LogP contribution in [0.15, 0.2) is 29.6 Å². The fourth-order valence-electron chi connectivity index (χ4n) is 3.09. The highest BCUT2D eigenvalue weighted by Gasteiger charge is 2.22. The van der Waals surface area contributed by atoms with Crippen LogP contribution >= 0.6 is 0 Å². The number of fused-ring (bicyclic) bond motifs is 1. The summed E-state index contributed by atoms with van der Waals surface area (Å²) in [4.78, 5) is 13.5. The molecule has 0 aliphatic carbocycles. The molecule has 0 radical (unpaired) electrons. The van der Waals surface area contributed by atoms with Crippen LogP contribution < -0.4 is 10.2 Å². The molecule has 2 aromatic heterocycles. The molecule has 1 saturated heterocycles. The maximum Gasteiger partial charge on any atom is 0.137 e. The maximum atomic E-state index is 5.40. The van der Waals surface area contributed by atoms with E-state index in [0.717, 1.165) is 67.7 Å². The van der Waals surface area contributed by atoms with Gasteiger partial charge < -0.3 is 9.47 Å². The summed E-state index contributed by atoms with van der Waals surface area (Å²) in [7, 11) is 1.64. The van der Waals surface area contributed by atoms with Crippen LogP contribution in [-0.4, -0.2) is 47.3 Å². The van der Waals surface area contributed by atoms with E-state index in [0.29, 0.717) is 5.92 Å². The zero-order chi connectivity index (χ0) is 16.4. The average molecular weight is 327 g/mol. The molecule has 2 aliphatic heterocycles. The number of rotatable bonds is 4. The van der Waals surface area contributed by atoms with Crippen molar-refractivity contribution in [2.24, 2.45) is 10.9 Å². The smallest absolute Gasteiger partial charge is 0.137 e. The zero-order valence-corrected chi connectivity index (χ0v) is 13.7. The Kier molecular flexibility index (Phi) is 4.17. The summed E-state index contributed by atoms with van der Waals surface area (Å²) in [5.41, 5.74) is 5.29. The molecule has 24 heavy (non-hydrogen) atoms. The number of imidazole rings is 1. The van der Waals surface area contributed by atoms with Gasteiger partial charge in [0.25, 0.3) is 0 Å². The number of aromatic nitrogens is 3. The van der Waals surface area contributed by atoms with Crippen molar-refractivity contribution in [3.8, 4) is 17.0 Å². The summed E-state index contributed by atoms with van der Waals surface area (Å²) in [6.45, 7) is 2.57. The Morgan fingerprint density at radius 3 is 3.04 bits per heavy atom. The van der Waals surface area contributed by atoms with Crippen LogP contribution in [0.2, 0.25) is 0 Å². The Morgan fingerprint density at radius 1 is 1.33 bits per heavy atom. The minimum atomic E-state index is 0.628. The molecule has 0 unspecified atom stereocenters. The molecule has 0 spiro atoms. The van der Waals surface area contributed by atoms with Crippen LogP contribution in [0, 0.1) is 5.92 Å². The minimum Gasteiger partial charge on any atom is -0.495 e. The fourth-order valence-corrected chi connectivity index (χ4v) is 3.09. The van der Waals surface area contributed by atoms with E-state index >= 15 is 0 Å². The maximum absolute atomic E-state index is 5.40. The molecule has 0 atom stereocenters. The Balaban J connectivity index is 1.49. The van der Waals surface area contributed by atoms with Gasteiger partial charge in [0, 0.05) is 31.5 Å². The molecule has 126 valence electrons. The van der Waals surface area contributed by atoms with Crippen molar-refractivity contribution >= 4 is 5.84 Å². The molecule has 1 fully saturated rings. The van der Waals surface area contributed by atoms with E-state index in [-0.39, 0.29) is 0 Å². The molecular formula is C17H21N5O2. The number of nitrogens with zero attached hydrogens (tertiary/aromatic N) is 4. The van der Waals surface area contributed by atoms with Crippen molar-refractivity contribution in [2.45, 2.75) is 19.3 Å². The van der Waals surface area contributed by atoms with Crippen molar-refractivity contribution in [2.75, 3.05) is 32.3 Å². The quantitative estimate of drug-likeness (QED) is 0.928. The highest BCUT2D eigenvalue weighted by molar-refractivity contribution is 5.94. The fraction of sp³-hybridized carbons (Fsp3) is 0.471. The van der Waals surface area contributed by atoms with Gasteiger partial charge in [-0.2, -0.15) is 0 Å². The number of amidine groups is 1. The predicted molar refractivity (Wildman–Crippen MR) is 90.9 cm³/mol. The van der Waals surface area contributed by atoms with Gasteiger partial charge in [-0.25, -0.2) is 9.66 Å². The third-order valence-corrected chi connectivity index (χ3v) is 4.53. The van der Waals surface area contributed by atoms with E-state index in [2.05, 4.69) is 15.4 Å². The topological polar surface area (TPSA) is 73.6 Å².